The second-order valence-corrected chi connectivity index (χ2v) is 10.4. The fourth-order valence-electron chi connectivity index (χ4n) is 4.99. The van der Waals surface area contributed by atoms with E-state index in [4.69, 9.17) is 0 Å². The van der Waals surface area contributed by atoms with Crippen LogP contribution < -0.4 is 0 Å². The molecule has 0 amide bonds. The molecular formula is C26H30F3NOS. The molecule has 1 atom stereocenters. The molecule has 1 aliphatic carbocycles. The molecule has 4 rings (SSSR count). The number of piperidine rings is 1. The van der Waals surface area contributed by atoms with Crippen LogP contribution >= 0.6 is 0 Å². The molecule has 2 nitrogen and oxygen atoms in total. The Morgan fingerprint density at radius 1 is 0.844 bits per heavy atom. The minimum Gasteiger partial charge on any atom is -0.300 e. The van der Waals surface area contributed by atoms with E-state index in [2.05, 4.69) is 11.5 Å². The van der Waals surface area contributed by atoms with E-state index >= 15 is 0 Å². The van der Waals surface area contributed by atoms with Gasteiger partial charge in [0.1, 0.15) is 0 Å². The fourth-order valence-corrected chi connectivity index (χ4v) is 6.03. The van der Waals surface area contributed by atoms with Crippen molar-refractivity contribution in [3.05, 3.63) is 66.2 Å². The fraction of sp³-hybridized carbons (Fsp3) is 0.462. The van der Waals surface area contributed by atoms with Gasteiger partial charge in [0.05, 0.1) is 16.4 Å². The van der Waals surface area contributed by atoms with Crippen LogP contribution in [0.2, 0.25) is 0 Å². The molecule has 0 radical (unpaired) electrons. The van der Waals surface area contributed by atoms with Gasteiger partial charge in [-0.05, 0) is 92.2 Å². The van der Waals surface area contributed by atoms with E-state index < -0.39 is 22.5 Å². The van der Waals surface area contributed by atoms with Crippen molar-refractivity contribution in [1.82, 2.24) is 4.90 Å². The van der Waals surface area contributed by atoms with Crippen molar-refractivity contribution in [1.29, 1.82) is 0 Å². The molecule has 1 saturated heterocycles. The molecule has 0 aromatic heterocycles. The first-order valence-electron chi connectivity index (χ1n) is 11.5. The zero-order valence-electron chi connectivity index (χ0n) is 18.2. The van der Waals surface area contributed by atoms with Crippen molar-refractivity contribution < 1.29 is 17.4 Å². The highest BCUT2D eigenvalue weighted by atomic mass is 32.2. The molecule has 1 heterocycles. The Morgan fingerprint density at radius 2 is 1.38 bits per heavy atom. The van der Waals surface area contributed by atoms with Gasteiger partial charge in [-0.15, -0.1) is 0 Å². The molecule has 2 aromatic rings. The number of hydrogen-bond acceptors (Lipinski definition) is 2. The molecule has 32 heavy (non-hydrogen) atoms. The average molecular weight is 462 g/mol. The number of likely N-dealkylation sites (tertiary alicyclic amines) is 1. The number of halogens is 3. The van der Waals surface area contributed by atoms with Gasteiger partial charge < -0.3 is 4.90 Å². The van der Waals surface area contributed by atoms with Crippen LogP contribution in [0.3, 0.4) is 0 Å². The van der Waals surface area contributed by atoms with E-state index in [0.717, 1.165) is 55.2 Å². The summed E-state index contributed by atoms with van der Waals surface area (Å²) in [6.45, 7) is 6.61. The van der Waals surface area contributed by atoms with Gasteiger partial charge in [-0.25, -0.2) is 4.21 Å². The molecule has 2 fully saturated rings. The SMILES string of the molecule is C=C(c1ccc(S(=O)c2ccc(C(F)(F)F)cc2)cc1)C1CCN(C2CCCCC2)CC1. The molecule has 172 valence electrons. The number of rotatable bonds is 5. The lowest BCUT2D eigenvalue weighted by Gasteiger charge is -2.39. The molecule has 6 heteroatoms. The molecule has 2 aromatic carbocycles. The van der Waals surface area contributed by atoms with Crippen molar-refractivity contribution in [2.75, 3.05) is 13.1 Å². The largest absolute Gasteiger partial charge is 0.416 e. The summed E-state index contributed by atoms with van der Waals surface area (Å²) in [5, 5.41) is 0. The van der Waals surface area contributed by atoms with Crippen LogP contribution in [-0.2, 0) is 17.0 Å². The molecular weight excluding hydrogens is 431 g/mol. The molecule has 1 saturated carbocycles. The summed E-state index contributed by atoms with van der Waals surface area (Å²) in [4.78, 5) is 3.60. The lowest BCUT2D eigenvalue weighted by atomic mass is 9.84. The Morgan fingerprint density at radius 3 is 1.91 bits per heavy atom. The first-order chi connectivity index (χ1) is 15.3. The molecule has 0 spiro atoms. The van der Waals surface area contributed by atoms with Crippen LogP contribution in [0, 0.1) is 5.92 Å². The van der Waals surface area contributed by atoms with Gasteiger partial charge in [0.15, 0.2) is 0 Å². The van der Waals surface area contributed by atoms with E-state index in [1.54, 1.807) is 12.1 Å². The van der Waals surface area contributed by atoms with Gasteiger partial charge in [-0.2, -0.15) is 13.2 Å². The smallest absolute Gasteiger partial charge is 0.300 e. The Kier molecular flexibility index (Phi) is 7.21. The van der Waals surface area contributed by atoms with E-state index in [1.165, 1.54) is 44.2 Å². The zero-order valence-corrected chi connectivity index (χ0v) is 19.1. The maximum atomic E-state index is 12.8. The lowest BCUT2D eigenvalue weighted by Crippen LogP contribution is -2.42. The Balaban J connectivity index is 1.36. The molecule has 0 N–H and O–H groups in total. The van der Waals surface area contributed by atoms with Gasteiger partial charge >= 0.3 is 6.18 Å². The first kappa shape index (κ1) is 23.2. The van der Waals surface area contributed by atoms with E-state index in [0.29, 0.717) is 15.7 Å². The summed E-state index contributed by atoms with van der Waals surface area (Å²) in [6.07, 6.45) is 4.61. The second kappa shape index (κ2) is 9.92. The minimum absolute atomic E-state index is 0.361. The number of nitrogens with zero attached hydrogens (tertiary/aromatic N) is 1. The Hall–Kier alpha value is -1.92. The predicted molar refractivity (Wildman–Crippen MR) is 123 cm³/mol. The first-order valence-corrected chi connectivity index (χ1v) is 12.6. The number of hydrogen-bond donors (Lipinski definition) is 0. The normalized spacial score (nSPS) is 20.2. The van der Waals surface area contributed by atoms with Crippen molar-refractivity contribution >= 4 is 16.4 Å². The van der Waals surface area contributed by atoms with Crippen molar-refractivity contribution in [2.24, 2.45) is 5.92 Å². The van der Waals surface area contributed by atoms with E-state index in [9.17, 15) is 17.4 Å². The second-order valence-electron chi connectivity index (χ2n) is 8.94. The highest BCUT2D eigenvalue weighted by Crippen LogP contribution is 2.34. The van der Waals surface area contributed by atoms with Gasteiger partial charge in [0.2, 0.25) is 0 Å². The number of alkyl halides is 3. The lowest BCUT2D eigenvalue weighted by molar-refractivity contribution is -0.137. The molecule has 1 aliphatic heterocycles. The van der Waals surface area contributed by atoms with Crippen LogP contribution in [0.15, 0.2) is 64.9 Å². The summed E-state index contributed by atoms with van der Waals surface area (Å²) in [7, 11) is -1.52. The Bertz CT molecular complexity index is 939. The van der Waals surface area contributed by atoms with Crippen LogP contribution in [0.4, 0.5) is 13.2 Å². The summed E-state index contributed by atoms with van der Waals surface area (Å²) < 4.78 is 51.0. The van der Waals surface area contributed by atoms with Crippen LogP contribution in [0.5, 0.6) is 0 Å². The van der Waals surface area contributed by atoms with Crippen molar-refractivity contribution in [3.8, 4) is 0 Å². The van der Waals surface area contributed by atoms with Crippen LogP contribution in [-0.4, -0.2) is 28.2 Å². The average Bonchev–Trinajstić information content (AvgIpc) is 2.83. The summed E-state index contributed by atoms with van der Waals surface area (Å²) in [5.74, 6) is 0.459. The van der Waals surface area contributed by atoms with Crippen LogP contribution in [0.1, 0.15) is 56.1 Å². The summed E-state index contributed by atoms with van der Waals surface area (Å²) in [6, 6.07) is 12.7. The monoisotopic (exact) mass is 461 g/mol. The predicted octanol–water partition coefficient (Wildman–Crippen LogP) is 6.93. The highest BCUT2D eigenvalue weighted by Gasteiger charge is 2.30. The molecule has 1 unspecified atom stereocenters. The maximum absolute atomic E-state index is 12.8. The van der Waals surface area contributed by atoms with Gasteiger partial charge in [0, 0.05) is 15.8 Å². The third-order valence-electron chi connectivity index (χ3n) is 6.95. The molecule has 2 aliphatic rings. The van der Waals surface area contributed by atoms with E-state index in [1.807, 2.05) is 12.1 Å². The Labute approximate surface area is 191 Å². The molecule has 0 bridgehead atoms. The summed E-state index contributed by atoms with van der Waals surface area (Å²) in [5.41, 5.74) is 1.44. The number of benzene rings is 2. The zero-order chi connectivity index (χ0) is 22.7. The standard InChI is InChI=1S/C26H30F3NOS/c1-19(21-15-17-30(18-16-21)23-5-3-2-4-6-23)20-7-11-24(12-8-20)32(31)25-13-9-22(10-14-25)26(27,28)29/h7-14,21,23H,1-6,15-18H2. The third kappa shape index (κ3) is 5.34. The minimum atomic E-state index is -4.39. The maximum Gasteiger partial charge on any atom is 0.416 e. The summed E-state index contributed by atoms with van der Waals surface area (Å²) >= 11 is 0. The highest BCUT2D eigenvalue weighted by molar-refractivity contribution is 7.85. The van der Waals surface area contributed by atoms with E-state index in [-0.39, 0.29) is 0 Å². The van der Waals surface area contributed by atoms with Gasteiger partial charge in [-0.1, -0.05) is 38.0 Å². The number of allylic oxidation sites excluding steroid dienone is 1. The van der Waals surface area contributed by atoms with Gasteiger partial charge in [0.25, 0.3) is 0 Å². The quantitative estimate of drug-likeness (QED) is 0.481. The van der Waals surface area contributed by atoms with Crippen LogP contribution in [0.25, 0.3) is 5.57 Å². The van der Waals surface area contributed by atoms with Crippen molar-refractivity contribution in [3.63, 3.8) is 0 Å². The van der Waals surface area contributed by atoms with Gasteiger partial charge in [-0.3, -0.25) is 0 Å². The topological polar surface area (TPSA) is 20.3 Å². The van der Waals surface area contributed by atoms with Crippen molar-refractivity contribution in [2.45, 2.75) is 67.0 Å². The third-order valence-corrected chi connectivity index (χ3v) is 8.35.